The third kappa shape index (κ3) is 8.38. The van der Waals surface area contributed by atoms with Crippen molar-refractivity contribution in [3.63, 3.8) is 0 Å². The normalized spacial score (nSPS) is 15.0. The standard InChI is InChI=1S/C15H33N3O2/c1-7-8-9-10-18(6)13(11-16)12(2)17-14(19)20-15(3,4)5/h12-13H,7-11,16H2,1-6H3,(H,17,19). The fraction of sp³-hybridized carbons (Fsp3) is 0.933. The van der Waals surface area contributed by atoms with Gasteiger partial charge in [-0.2, -0.15) is 0 Å². The summed E-state index contributed by atoms with van der Waals surface area (Å²) < 4.78 is 5.27. The highest BCUT2D eigenvalue weighted by molar-refractivity contribution is 5.68. The fourth-order valence-corrected chi connectivity index (χ4v) is 2.13. The molecule has 120 valence electrons. The second kappa shape index (κ2) is 9.19. The SMILES string of the molecule is CCCCCN(C)C(CN)C(C)NC(=O)OC(C)(C)C. The van der Waals surface area contributed by atoms with Crippen molar-refractivity contribution in [1.82, 2.24) is 10.2 Å². The minimum absolute atomic E-state index is 0.0403. The molecule has 0 aliphatic carbocycles. The predicted octanol–water partition coefficient (Wildman–Crippen LogP) is 2.35. The van der Waals surface area contributed by atoms with E-state index in [-0.39, 0.29) is 18.2 Å². The van der Waals surface area contributed by atoms with Gasteiger partial charge in [0.2, 0.25) is 0 Å². The number of nitrogens with one attached hydrogen (secondary N) is 1. The maximum Gasteiger partial charge on any atom is 0.407 e. The van der Waals surface area contributed by atoms with E-state index in [4.69, 9.17) is 10.5 Å². The Morgan fingerprint density at radius 3 is 2.40 bits per heavy atom. The Bertz CT molecular complexity index is 277. The van der Waals surface area contributed by atoms with Crippen molar-refractivity contribution >= 4 is 6.09 Å². The average molecular weight is 287 g/mol. The van der Waals surface area contributed by atoms with Gasteiger partial charge in [0.1, 0.15) is 5.60 Å². The van der Waals surface area contributed by atoms with E-state index >= 15 is 0 Å². The number of carbonyl (C=O) groups is 1. The number of hydrogen-bond donors (Lipinski definition) is 2. The highest BCUT2D eigenvalue weighted by Gasteiger charge is 2.24. The Hall–Kier alpha value is -0.810. The number of ether oxygens (including phenoxy) is 1. The van der Waals surface area contributed by atoms with Gasteiger partial charge in [-0.05, 0) is 47.7 Å². The summed E-state index contributed by atoms with van der Waals surface area (Å²) in [6, 6.07) is 0.0841. The van der Waals surface area contributed by atoms with Crippen molar-refractivity contribution in [2.24, 2.45) is 5.73 Å². The van der Waals surface area contributed by atoms with Gasteiger partial charge in [-0.25, -0.2) is 4.79 Å². The molecule has 1 amide bonds. The number of carbonyl (C=O) groups excluding carboxylic acids is 1. The smallest absolute Gasteiger partial charge is 0.407 e. The zero-order valence-corrected chi connectivity index (χ0v) is 14.0. The Kier molecular flexibility index (Phi) is 8.81. The fourth-order valence-electron chi connectivity index (χ4n) is 2.13. The molecule has 0 saturated carbocycles. The van der Waals surface area contributed by atoms with Crippen molar-refractivity contribution in [1.29, 1.82) is 0 Å². The van der Waals surface area contributed by atoms with E-state index in [1.54, 1.807) is 0 Å². The van der Waals surface area contributed by atoms with E-state index in [1.807, 2.05) is 27.7 Å². The lowest BCUT2D eigenvalue weighted by atomic mass is 10.1. The molecule has 0 aliphatic heterocycles. The van der Waals surface area contributed by atoms with Crippen LogP contribution in [0.2, 0.25) is 0 Å². The van der Waals surface area contributed by atoms with Crippen LogP contribution in [0.25, 0.3) is 0 Å². The molecule has 0 aromatic heterocycles. The molecule has 0 aromatic rings. The Balaban J connectivity index is 4.31. The zero-order valence-electron chi connectivity index (χ0n) is 14.0. The van der Waals surface area contributed by atoms with Crippen LogP contribution in [0.4, 0.5) is 4.79 Å². The highest BCUT2D eigenvalue weighted by Crippen LogP contribution is 2.09. The van der Waals surface area contributed by atoms with E-state index < -0.39 is 5.60 Å². The van der Waals surface area contributed by atoms with Crippen molar-refractivity contribution in [3.8, 4) is 0 Å². The van der Waals surface area contributed by atoms with Gasteiger partial charge in [0.05, 0.1) is 0 Å². The van der Waals surface area contributed by atoms with Crippen LogP contribution in [0.3, 0.4) is 0 Å². The van der Waals surface area contributed by atoms with Crippen molar-refractivity contribution in [2.75, 3.05) is 20.1 Å². The molecule has 2 unspecified atom stereocenters. The number of hydrogen-bond acceptors (Lipinski definition) is 4. The van der Waals surface area contributed by atoms with Gasteiger partial charge in [-0.3, -0.25) is 0 Å². The Labute approximate surface area is 124 Å². The molecule has 0 radical (unpaired) electrons. The van der Waals surface area contributed by atoms with Crippen LogP contribution < -0.4 is 11.1 Å². The summed E-state index contributed by atoms with van der Waals surface area (Å²) in [7, 11) is 2.06. The van der Waals surface area contributed by atoms with Gasteiger partial charge in [-0.15, -0.1) is 0 Å². The van der Waals surface area contributed by atoms with Crippen LogP contribution in [-0.2, 0) is 4.74 Å². The molecule has 0 spiro atoms. The molecular formula is C15H33N3O2. The molecule has 0 heterocycles. The summed E-state index contributed by atoms with van der Waals surface area (Å²) >= 11 is 0. The first-order valence-electron chi connectivity index (χ1n) is 7.61. The summed E-state index contributed by atoms with van der Waals surface area (Å²) in [6.07, 6.45) is 3.19. The average Bonchev–Trinajstić information content (AvgIpc) is 2.27. The van der Waals surface area contributed by atoms with Crippen molar-refractivity contribution in [2.45, 2.75) is 71.6 Å². The van der Waals surface area contributed by atoms with Crippen molar-refractivity contribution < 1.29 is 9.53 Å². The third-order valence-corrected chi connectivity index (χ3v) is 3.24. The van der Waals surface area contributed by atoms with E-state index in [0.29, 0.717) is 6.54 Å². The lowest BCUT2D eigenvalue weighted by molar-refractivity contribution is 0.0478. The third-order valence-electron chi connectivity index (χ3n) is 3.24. The van der Waals surface area contributed by atoms with E-state index in [0.717, 1.165) is 13.0 Å². The van der Waals surface area contributed by atoms with Crippen LogP contribution >= 0.6 is 0 Å². The molecule has 2 atom stereocenters. The topological polar surface area (TPSA) is 67.6 Å². The lowest BCUT2D eigenvalue weighted by Crippen LogP contribution is -2.53. The quantitative estimate of drug-likeness (QED) is 0.672. The van der Waals surface area contributed by atoms with E-state index in [2.05, 4.69) is 24.2 Å². The maximum absolute atomic E-state index is 11.8. The molecule has 5 heteroatoms. The summed E-state index contributed by atoms with van der Waals surface area (Å²) in [5.74, 6) is 0. The summed E-state index contributed by atoms with van der Waals surface area (Å²) in [5, 5.41) is 2.88. The first-order valence-corrected chi connectivity index (χ1v) is 7.61. The summed E-state index contributed by atoms with van der Waals surface area (Å²) in [5.41, 5.74) is 5.37. The summed E-state index contributed by atoms with van der Waals surface area (Å²) in [6.45, 7) is 11.2. The second-order valence-electron chi connectivity index (χ2n) is 6.43. The lowest BCUT2D eigenvalue weighted by Gasteiger charge is -2.32. The van der Waals surface area contributed by atoms with Gasteiger partial charge in [0, 0.05) is 18.6 Å². The van der Waals surface area contributed by atoms with Crippen LogP contribution in [0.5, 0.6) is 0 Å². The molecule has 0 fully saturated rings. The molecule has 0 saturated heterocycles. The van der Waals surface area contributed by atoms with Crippen LogP contribution in [0, 0.1) is 0 Å². The first-order chi connectivity index (χ1) is 9.21. The first kappa shape index (κ1) is 19.2. The largest absolute Gasteiger partial charge is 0.444 e. The van der Waals surface area contributed by atoms with Crippen molar-refractivity contribution in [3.05, 3.63) is 0 Å². The van der Waals surface area contributed by atoms with E-state index in [1.165, 1.54) is 12.8 Å². The molecule has 3 N–H and O–H groups in total. The van der Waals surface area contributed by atoms with Crippen LogP contribution in [0.15, 0.2) is 0 Å². The number of nitrogens with zero attached hydrogens (tertiary/aromatic N) is 1. The number of alkyl carbamates (subject to hydrolysis) is 1. The Morgan fingerprint density at radius 1 is 1.35 bits per heavy atom. The molecular weight excluding hydrogens is 254 g/mol. The Morgan fingerprint density at radius 2 is 1.95 bits per heavy atom. The minimum Gasteiger partial charge on any atom is -0.444 e. The molecule has 5 nitrogen and oxygen atoms in total. The number of likely N-dealkylation sites (N-methyl/N-ethyl adjacent to an activating group) is 1. The van der Waals surface area contributed by atoms with Gasteiger partial charge < -0.3 is 20.7 Å². The van der Waals surface area contributed by atoms with E-state index in [9.17, 15) is 4.79 Å². The zero-order chi connectivity index (χ0) is 15.8. The van der Waals surface area contributed by atoms with Crippen LogP contribution in [-0.4, -0.2) is 48.8 Å². The number of nitrogens with two attached hydrogens (primary N) is 1. The molecule has 0 bridgehead atoms. The number of rotatable bonds is 8. The number of unbranched alkanes of at least 4 members (excludes halogenated alkanes) is 2. The molecule has 0 aromatic carbocycles. The monoisotopic (exact) mass is 287 g/mol. The minimum atomic E-state index is -0.477. The van der Waals surface area contributed by atoms with Crippen LogP contribution in [0.1, 0.15) is 53.9 Å². The molecule has 20 heavy (non-hydrogen) atoms. The highest BCUT2D eigenvalue weighted by atomic mass is 16.6. The second-order valence-corrected chi connectivity index (χ2v) is 6.43. The van der Waals surface area contributed by atoms with Gasteiger partial charge in [0.15, 0.2) is 0 Å². The molecule has 0 aliphatic rings. The number of amides is 1. The molecule has 0 rings (SSSR count). The van der Waals surface area contributed by atoms with Gasteiger partial charge >= 0.3 is 6.09 Å². The van der Waals surface area contributed by atoms with Gasteiger partial charge in [0.25, 0.3) is 0 Å². The van der Waals surface area contributed by atoms with Gasteiger partial charge in [-0.1, -0.05) is 19.8 Å². The summed E-state index contributed by atoms with van der Waals surface area (Å²) in [4.78, 5) is 14.0. The predicted molar refractivity (Wildman–Crippen MR) is 83.8 cm³/mol. The maximum atomic E-state index is 11.8.